The first kappa shape index (κ1) is 15.8. The average molecular weight is 294 g/mol. The summed E-state index contributed by atoms with van der Waals surface area (Å²) in [6, 6.07) is 0.0684. The lowest BCUT2D eigenvalue weighted by molar-refractivity contribution is 0.254. The van der Waals surface area contributed by atoms with Crippen molar-refractivity contribution in [3.8, 4) is 0 Å². The normalized spacial score (nSPS) is 19.4. The number of rotatable bonds is 5. The topological polar surface area (TPSA) is 91.4 Å². The van der Waals surface area contributed by atoms with Crippen LogP contribution in [0, 0.1) is 0 Å². The quantitative estimate of drug-likeness (QED) is 0.838. The van der Waals surface area contributed by atoms with Gasteiger partial charge in [-0.25, -0.2) is 0 Å². The SMILES string of the molecule is CCN(CC)c1nc(N)nc(N2CCCCCC2CO)n1. The maximum Gasteiger partial charge on any atom is 0.232 e. The van der Waals surface area contributed by atoms with Gasteiger partial charge in [0.15, 0.2) is 0 Å². The van der Waals surface area contributed by atoms with E-state index in [1.54, 1.807) is 0 Å². The van der Waals surface area contributed by atoms with E-state index in [0.717, 1.165) is 38.9 Å². The third-order valence-corrected chi connectivity index (χ3v) is 4.02. The van der Waals surface area contributed by atoms with E-state index in [2.05, 4.69) is 33.7 Å². The molecule has 2 rings (SSSR count). The third kappa shape index (κ3) is 3.72. The molecule has 1 unspecified atom stereocenters. The van der Waals surface area contributed by atoms with Crippen LogP contribution in [0.1, 0.15) is 39.5 Å². The van der Waals surface area contributed by atoms with Crippen LogP contribution in [0.3, 0.4) is 0 Å². The molecule has 0 amide bonds. The molecule has 1 fully saturated rings. The minimum atomic E-state index is 0.0684. The number of aliphatic hydroxyl groups excluding tert-OH is 1. The maximum absolute atomic E-state index is 9.63. The van der Waals surface area contributed by atoms with Gasteiger partial charge < -0.3 is 20.6 Å². The molecule has 1 aliphatic heterocycles. The van der Waals surface area contributed by atoms with Crippen molar-refractivity contribution in [1.29, 1.82) is 0 Å². The smallest absolute Gasteiger partial charge is 0.232 e. The van der Waals surface area contributed by atoms with Gasteiger partial charge in [-0.05, 0) is 26.7 Å². The molecule has 7 nitrogen and oxygen atoms in total. The molecule has 2 heterocycles. The van der Waals surface area contributed by atoms with Crippen LogP contribution in [0.15, 0.2) is 0 Å². The average Bonchev–Trinajstić information content (AvgIpc) is 2.73. The van der Waals surface area contributed by atoms with Gasteiger partial charge in [0.2, 0.25) is 17.8 Å². The van der Waals surface area contributed by atoms with E-state index < -0.39 is 0 Å². The molecule has 1 aromatic heterocycles. The summed E-state index contributed by atoms with van der Waals surface area (Å²) in [4.78, 5) is 17.2. The number of hydrogen-bond acceptors (Lipinski definition) is 7. The van der Waals surface area contributed by atoms with E-state index in [1.807, 2.05) is 4.90 Å². The van der Waals surface area contributed by atoms with Crippen LogP contribution >= 0.6 is 0 Å². The number of anilines is 3. The van der Waals surface area contributed by atoms with E-state index in [0.29, 0.717) is 11.9 Å². The predicted octanol–water partition coefficient (Wildman–Crippen LogP) is 1.04. The lowest BCUT2D eigenvalue weighted by Gasteiger charge is -2.29. The van der Waals surface area contributed by atoms with Crippen LogP contribution in [0.2, 0.25) is 0 Å². The molecule has 0 radical (unpaired) electrons. The standard InChI is InChI=1S/C14H26N6O/c1-3-19(4-2)13-16-12(15)17-14(18-13)20-9-7-5-6-8-11(20)10-21/h11,21H,3-10H2,1-2H3,(H2,15,16,17,18). The zero-order valence-corrected chi connectivity index (χ0v) is 13.0. The number of aromatic nitrogens is 3. The summed E-state index contributed by atoms with van der Waals surface area (Å²) in [5, 5.41) is 9.63. The molecule has 0 spiro atoms. The Bertz CT molecular complexity index is 451. The Balaban J connectivity index is 2.32. The Morgan fingerprint density at radius 1 is 1.19 bits per heavy atom. The highest BCUT2D eigenvalue weighted by atomic mass is 16.3. The lowest BCUT2D eigenvalue weighted by atomic mass is 10.1. The Morgan fingerprint density at radius 3 is 2.62 bits per heavy atom. The Kier molecular flexibility index (Phi) is 5.55. The van der Waals surface area contributed by atoms with Gasteiger partial charge in [0.1, 0.15) is 0 Å². The summed E-state index contributed by atoms with van der Waals surface area (Å²) in [5.41, 5.74) is 5.86. The first-order valence-corrected chi connectivity index (χ1v) is 7.83. The van der Waals surface area contributed by atoms with Crippen LogP contribution in [0.5, 0.6) is 0 Å². The van der Waals surface area contributed by atoms with Crippen molar-refractivity contribution < 1.29 is 5.11 Å². The van der Waals surface area contributed by atoms with E-state index >= 15 is 0 Å². The molecular formula is C14H26N6O. The molecule has 0 aliphatic carbocycles. The van der Waals surface area contributed by atoms with E-state index in [1.165, 1.54) is 6.42 Å². The highest BCUT2D eigenvalue weighted by Gasteiger charge is 2.24. The van der Waals surface area contributed by atoms with Crippen molar-refractivity contribution in [3.63, 3.8) is 0 Å². The largest absolute Gasteiger partial charge is 0.394 e. The first-order valence-electron chi connectivity index (χ1n) is 7.83. The van der Waals surface area contributed by atoms with Crippen LogP contribution in [0.25, 0.3) is 0 Å². The van der Waals surface area contributed by atoms with Crippen molar-refractivity contribution in [1.82, 2.24) is 15.0 Å². The number of nitrogen functional groups attached to an aromatic ring is 1. The van der Waals surface area contributed by atoms with E-state index in [4.69, 9.17) is 5.73 Å². The number of nitrogens with two attached hydrogens (primary N) is 1. The second-order valence-electron chi connectivity index (χ2n) is 5.35. The molecule has 1 atom stereocenters. The van der Waals surface area contributed by atoms with Gasteiger partial charge in [0, 0.05) is 19.6 Å². The second-order valence-corrected chi connectivity index (χ2v) is 5.35. The number of hydrogen-bond donors (Lipinski definition) is 2. The minimum Gasteiger partial charge on any atom is -0.394 e. The van der Waals surface area contributed by atoms with Gasteiger partial charge in [-0.3, -0.25) is 0 Å². The lowest BCUT2D eigenvalue weighted by Crippen LogP contribution is -2.39. The molecule has 0 bridgehead atoms. The fraction of sp³-hybridized carbons (Fsp3) is 0.786. The maximum atomic E-state index is 9.63. The summed E-state index contributed by atoms with van der Waals surface area (Å²) in [7, 11) is 0. The molecular weight excluding hydrogens is 268 g/mol. The zero-order valence-electron chi connectivity index (χ0n) is 13.0. The molecule has 0 saturated carbocycles. The summed E-state index contributed by atoms with van der Waals surface area (Å²) in [6.07, 6.45) is 4.35. The van der Waals surface area contributed by atoms with Gasteiger partial charge in [-0.15, -0.1) is 0 Å². The molecule has 118 valence electrons. The fourth-order valence-electron chi connectivity index (χ4n) is 2.78. The first-order chi connectivity index (χ1) is 10.2. The zero-order chi connectivity index (χ0) is 15.2. The predicted molar refractivity (Wildman–Crippen MR) is 84.5 cm³/mol. The molecule has 1 aliphatic rings. The van der Waals surface area contributed by atoms with Crippen molar-refractivity contribution in [3.05, 3.63) is 0 Å². The van der Waals surface area contributed by atoms with Gasteiger partial charge >= 0.3 is 0 Å². The summed E-state index contributed by atoms with van der Waals surface area (Å²) in [5.74, 6) is 1.44. The van der Waals surface area contributed by atoms with Crippen molar-refractivity contribution >= 4 is 17.8 Å². The summed E-state index contributed by atoms with van der Waals surface area (Å²) in [6.45, 7) is 6.74. The molecule has 3 N–H and O–H groups in total. The van der Waals surface area contributed by atoms with Crippen molar-refractivity contribution in [2.75, 3.05) is 41.8 Å². The van der Waals surface area contributed by atoms with Crippen molar-refractivity contribution in [2.45, 2.75) is 45.6 Å². The number of nitrogens with zero attached hydrogens (tertiary/aromatic N) is 5. The number of aliphatic hydroxyl groups is 1. The highest BCUT2D eigenvalue weighted by molar-refractivity contribution is 5.44. The van der Waals surface area contributed by atoms with Crippen LogP contribution in [-0.2, 0) is 0 Å². The van der Waals surface area contributed by atoms with Gasteiger partial charge in [0.05, 0.1) is 12.6 Å². The summed E-state index contributed by atoms with van der Waals surface area (Å²) >= 11 is 0. The highest BCUT2D eigenvalue weighted by Crippen LogP contribution is 2.23. The Morgan fingerprint density at radius 2 is 1.95 bits per heavy atom. The third-order valence-electron chi connectivity index (χ3n) is 4.02. The van der Waals surface area contributed by atoms with Gasteiger partial charge in [0.25, 0.3) is 0 Å². The molecule has 0 aromatic carbocycles. The van der Waals surface area contributed by atoms with Gasteiger partial charge in [-0.2, -0.15) is 15.0 Å². The Labute approximate surface area is 126 Å². The summed E-state index contributed by atoms with van der Waals surface area (Å²) < 4.78 is 0. The van der Waals surface area contributed by atoms with Crippen LogP contribution in [0.4, 0.5) is 17.8 Å². The fourth-order valence-corrected chi connectivity index (χ4v) is 2.78. The molecule has 1 saturated heterocycles. The molecule has 21 heavy (non-hydrogen) atoms. The van der Waals surface area contributed by atoms with E-state index in [-0.39, 0.29) is 18.6 Å². The van der Waals surface area contributed by atoms with E-state index in [9.17, 15) is 5.11 Å². The molecule has 1 aromatic rings. The van der Waals surface area contributed by atoms with Crippen LogP contribution in [-0.4, -0.2) is 52.3 Å². The monoisotopic (exact) mass is 294 g/mol. The van der Waals surface area contributed by atoms with Crippen molar-refractivity contribution in [2.24, 2.45) is 0 Å². The molecule has 7 heteroatoms. The Hall–Kier alpha value is -1.63. The second kappa shape index (κ2) is 7.40. The van der Waals surface area contributed by atoms with Crippen LogP contribution < -0.4 is 15.5 Å². The van der Waals surface area contributed by atoms with Gasteiger partial charge in [-0.1, -0.05) is 12.8 Å². The minimum absolute atomic E-state index is 0.0684.